The first-order valence-corrected chi connectivity index (χ1v) is 10.2. The van der Waals surface area contributed by atoms with Gasteiger partial charge in [0.25, 0.3) is 0 Å². The standard InChI is InChI=1S/C20H29N5O6/c1-5-14(26)30-8-12-16(27)17(28)20(4,31-12)13-7-6-11-18(22-9-23-25(11)13)24-19(29)15(21)10(2)3/h6-7,9-10,12,15-17,27-28H,5,8,21H2,1-4H3,(H,22,23,24,29)/t12-,15+,16-,17-,20+/m1/s1. The monoisotopic (exact) mass is 435 g/mol. The van der Waals surface area contributed by atoms with Crippen LogP contribution in [-0.4, -0.2) is 67.6 Å². The molecule has 31 heavy (non-hydrogen) atoms. The maximum absolute atomic E-state index is 12.4. The van der Waals surface area contributed by atoms with Gasteiger partial charge in [-0.15, -0.1) is 0 Å². The van der Waals surface area contributed by atoms with Gasteiger partial charge in [0.05, 0.1) is 11.7 Å². The van der Waals surface area contributed by atoms with E-state index < -0.39 is 35.9 Å². The molecule has 1 saturated heterocycles. The molecule has 2 aromatic rings. The quantitative estimate of drug-likeness (QED) is 0.437. The SMILES string of the molecule is CCC(=O)OC[C@H]1O[C@@](C)(c2ccc3c(NC(=O)[C@@H](N)C(C)C)ncnn23)[C@H](O)[C@@H]1O. The summed E-state index contributed by atoms with van der Waals surface area (Å²) in [5.74, 6) is -0.608. The number of amides is 1. The summed E-state index contributed by atoms with van der Waals surface area (Å²) < 4.78 is 12.5. The lowest BCUT2D eigenvalue weighted by atomic mass is 9.93. The van der Waals surface area contributed by atoms with Gasteiger partial charge in [-0.25, -0.2) is 9.50 Å². The molecule has 1 fully saturated rings. The fraction of sp³-hybridized carbons (Fsp3) is 0.600. The Morgan fingerprint density at radius 1 is 1.39 bits per heavy atom. The average molecular weight is 435 g/mol. The summed E-state index contributed by atoms with van der Waals surface area (Å²) in [6.07, 6.45) is -2.04. The Hall–Kier alpha value is -2.60. The molecule has 2 aromatic heterocycles. The number of esters is 1. The predicted molar refractivity (Wildman–Crippen MR) is 110 cm³/mol. The van der Waals surface area contributed by atoms with Crippen LogP contribution in [0.25, 0.3) is 5.52 Å². The first-order chi connectivity index (χ1) is 14.6. The molecular formula is C20H29N5O6. The van der Waals surface area contributed by atoms with E-state index in [4.69, 9.17) is 15.2 Å². The van der Waals surface area contributed by atoms with Crippen LogP contribution in [0.4, 0.5) is 5.82 Å². The summed E-state index contributed by atoms with van der Waals surface area (Å²) in [7, 11) is 0. The normalized spacial score (nSPS) is 26.9. The van der Waals surface area contributed by atoms with Crippen molar-refractivity contribution in [1.29, 1.82) is 0 Å². The maximum atomic E-state index is 12.4. The fourth-order valence-electron chi connectivity index (χ4n) is 3.51. The molecule has 3 heterocycles. The zero-order valence-corrected chi connectivity index (χ0v) is 18.0. The lowest BCUT2D eigenvalue weighted by Gasteiger charge is -2.27. The lowest BCUT2D eigenvalue weighted by Crippen LogP contribution is -2.40. The van der Waals surface area contributed by atoms with Gasteiger partial charge in [0.15, 0.2) is 5.82 Å². The summed E-state index contributed by atoms with van der Waals surface area (Å²) in [5, 5.41) is 28.1. The minimum atomic E-state index is -1.35. The highest BCUT2D eigenvalue weighted by Crippen LogP contribution is 2.40. The van der Waals surface area contributed by atoms with Gasteiger partial charge in [-0.05, 0) is 25.0 Å². The third-order valence-corrected chi connectivity index (χ3v) is 5.59. The van der Waals surface area contributed by atoms with Crippen LogP contribution in [0.5, 0.6) is 0 Å². The van der Waals surface area contributed by atoms with Crippen molar-refractivity contribution >= 4 is 23.2 Å². The number of carbonyl (C=O) groups excluding carboxylic acids is 2. The number of hydrogen-bond donors (Lipinski definition) is 4. The Balaban J connectivity index is 1.89. The number of aliphatic hydroxyl groups excluding tert-OH is 2. The molecule has 5 atom stereocenters. The third-order valence-electron chi connectivity index (χ3n) is 5.59. The van der Waals surface area contributed by atoms with Crippen molar-refractivity contribution in [1.82, 2.24) is 14.6 Å². The Morgan fingerprint density at radius 3 is 2.74 bits per heavy atom. The number of fused-ring (bicyclic) bond motifs is 1. The topological polar surface area (TPSA) is 161 Å². The number of nitrogens with zero attached hydrogens (tertiary/aromatic N) is 3. The largest absolute Gasteiger partial charge is 0.463 e. The van der Waals surface area contributed by atoms with Crippen LogP contribution in [0.15, 0.2) is 18.5 Å². The van der Waals surface area contributed by atoms with Crippen molar-refractivity contribution < 1.29 is 29.3 Å². The van der Waals surface area contributed by atoms with E-state index in [1.54, 1.807) is 26.0 Å². The molecule has 170 valence electrons. The van der Waals surface area contributed by atoms with Crippen molar-refractivity contribution in [2.45, 2.75) is 64.1 Å². The highest BCUT2D eigenvalue weighted by molar-refractivity contribution is 5.97. The molecule has 1 aliphatic heterocycles. The van der Waals surface area contributed by atoms with E-state index in [2.05, 4.69) is 15.4 Å². The van der Waals surface area contributed by atoms with Crippen LogP contribution >= 0.6 is 0 Å². The Morgan fingerprint density at radius 2 is 2.10 bits per heavy atom. The van der Waals surface area contributed by atoms with Gasteiger partial charge in [-0.2, -0.15) is 5.10 Å². The zero-order valence-electron chi connectivity index (χ0n) is 18.0. The molecule has 1 aliphatic rings. The number of anilines is 1. The first-order valence-electron chi connectivity index (χ1n) is 10.2. The van der Waals surface area contributed by atoms with Crippen molar-refractivity contribution in [3.63, 3.8) is 0 Å². The van der Waals surface area contributed by atoms with Crippen LogP contribution in [0.1, 0.15) is 39.8 Å². The Kier molecular flexibility index (Phi) is 6.60. The maximum Gasteiger partial charge on any atom is 0.305 e. The average Bonchev–Trinajstić information content (AvgIpc) is 3.28. The van der Waals surface area contributed by atoms with Gasteiger partial charge in [0.2, 0.25) is 5.91 Å². The number of aliphatic hydroxyl groups is 2. The number of hydrogen-bond acceptors (Lipinski definition) is 9. The second-order valence-electron chi connectivity index (χ2n) is 8.12. The van der Waals surface area contributed by atoms with E-state index in [0.29, 0.717) is 11.2 Å². The van der Waals surface area contributed by atoms with E-state index >= 15 is 0 Å². The Bertz CT molecular complexity index is 963. The van der Waals surface area contributed by atoms with Crippen LogP contribution in [0, 0.1) is 5.92 Å². The van der Waals surface area contributed by atoms with E-state index in [1.807, 2.05) is 13.8 Å². The molecule has 3 rings (SSSR count). The van der Waals surface area contributed by atoms with Gasteiger partial charge >= 0.3 is 5.97 Å². The second kappa shape index (κ2) is 8.87. The van der Waals surface area contributed by atoms with E-state index in [0.717, 1.165) is 0 Å². The smallest absolute Gasteiger partial charge is 0.305 e. The van der Waals surface area contributed by atoms with Crippen molar-refractivity contribution in [3.05, 3.63) is 24.2 Å². The van der Waals surface area contributed by atoms with Gasteiger partial charge in [0.1, 0.15) is 42.4 Å². The summed E-state index contributed by atoms with van der Waals surface area (Å²) in [4.78, 5) is 27.9. The molecule has 0 saturated carbocycles. The molecule has 11 nitrogen and oxygen atoms in total. The van der Waals surface area contributed by atoms with Gasteiger partial charge in [-0.3, -0.25) is 9.59 Å². The molecule has 0 radical (unpaired) electrons. The molecule has 0 unspecified atom stereocenters. The predicted octanol–water partition coefficient (Wildman–Crippen LogP) is -0.0599. The van der Waals surface area contributed by atoms with Crippen molar-refractivity contribution in [2.24, 2.45) is 11.7 Å². The molecule has 0 aromatic carbocycles. The van der Waals surface area contributed by atoms with Crippen LogP contribution in [0.3, 0.4) is 0 Å². The van der Waals surface area contributed by atoms with Crippen molar-refractivity contribution in [2.75, 3.05) is 11.9 Å². The first kappa shape index (κ1) is 23.1. The molecular weight excluding hydrogens is 406 g/mol. The molecule has 5 N–H and O–H groups in total. The number of ether oxygens (including phenoxy) is 2. The van der Waals surface area contributed by atoms with E-state index in [9.17, 15) is 19.8 Å². The highest BCUT2D eigenvalue weighted by Gasteiger charge is 2.54. The molecule has 0 bridgehead atoms. The number of aromatic nitrogens is 3. The van der Waals surface area contributed by atoms with E-state index in [-0.39, 0.29) is 30.7 Å². The highest BCUT2D eigenvalue weighted by atomic mass is 16.6. The zero-order chi connectivity index (χ0) is 22.9. The minimum absolute atomic E-state index is 0.0543. The molecule has 1 amide bonds. The lowest BCUT2D eigenvalue weighted by molar-refractivity contribution is -0.151. The molecule has 0 aliphatic carbocycles. The summed E-state index contributed by atoms with van der Waals surface area (Å²) in [5.41, 5.74) is 5.46. The number of nitrogens with one attached hydrogen (secondary N) is 1. The van der Waals surface area contributed by atoms with Gasteiger partial charge in [-0.1, -0.05) is 20.8 Å². The number of carbonyl (C=O) groups is 2. The number of nitrogens with two attached hydrogens (primary N) is 1. The minimum Gasteiger partial charge on any atom is -0.463 e. The van der Waals surface area contributed by atoms with Crippen LogP contribution in [0.2, 0.25) is 0 Å². The molecule has 0 spiro atoms. The number of rotatable bonds is 7. The second-order valence-corrected chi connectivity index (χ2v) is 8.12. The van der Waals surface area contributed by atoms with Crippen LogP contribution < -0.4 is 11.1 Å². The van der Waals surface area contributed by atoms with Gasteiger partial charge < -0.3 is 30.7 Å². The third kappa shape index (κ3) is 4.26. The molecule has 11 heteroatoms. The van der Waals surface area contributed by atoms with Gasteiger partial charge in [0, 0.05) is 6.42 Å². The van der Waals surface area contributed by atoms with Crippen LogP contribution in [-0.2, 0) is 24.7 Å². The van der Waals surface area contributed by atoms with Crippen molar-refractivity contribution in [3.8, 4) is 0 Å². The summed E-state index contributed by atoms with van der Waals surface area (Å²) >= 11 is 0. The fourth-order valence-corrected chi connectivity index (χ4v) is 3.51. The summed E-state index contributed by atoms with van der Waals surface area (Å²) in [6, 6.07) is 2.63. The Labute approximate surface area is 179 Å². The summed E-state index contributed by atoms with van der Waals surface area (Å²) in [6.45, 7) is 6.76. The van der Waals surface area contributed by atoms with E-state index in [1.165, 1.54) is 10.8 Å².